The maximum absolute atomic E-state index is 14.6. The van der Waals surface area contributed by atoms with Crippen LogP contribution in [0.5, 0.6) is 0 Å². The number of amides is 1. The molecule has 2 saturated carbocycles. The summed E-state index contributed by atoms with van der Waals surface area (Å²) in [6.07, 6.45) is 3.44. The predicted molar refractivity (Wildman–Crippen MR) is 237 cm³/mol. The summed E-state index contributed by atoms with van der Waals surface area (Å²) in [4.78, 5) is 41.9. The first-order valence-corrected chi connectivity index (χ1v) is 21.8. The number of esters is 1. The SMILES string of the molecule is CC1=C[C@H]2[C@@]3(O)[C@H](C)C[C@]4(OC(=O)[C@@H](Cc5ccccc5)NC(=O)OC(C)(C)C)[C@H]([C@@H]3C=C(COC(c3ccccc3)(c3ccccc3)c3ccccc3)C[C@]2(O)C1=O)C4(C)C. The molecule has 3 N–H and O–H groups in total. The summed E-state index contributed by atoms with van der Waals surface area (Å²) in [6, 6.07) is 38.4. The zero-order valence-corrected chi connectivity index (χ0v) is 36.8. The summed E-state index contributed by atoms with van der Waals surface area (Å²) < 4.78 is 19.6. The number of ether oxygens (including phenoxy) is 3. The summed E-state index contributed by atoms with van der Waals surface area (Å²) in [6.45, 7) is 13.0. The van der Waals surface area contributed by atoms with E-state index >= 15 is 0 Å². The molecule has 8 rings (SSSR count). The average molecular weight is 838 g/mol. The Labute approximate surface area is 365 Å². The van der Waals surface area contributed by atoms with Crippen molar-refractivity contribution in [2.45, 2.75) is 102 Å². The average Bonchev–Trinajstić information content (AvgIpc) is 3.65. The monoisotopic (exact) mass is 837 g/mol. The van der Waals surface area contributed by atoms with Crippen molar-refractivity contribution in [1.29, 1.82) is 0 Å². The summed E-state index contributed by atoms with van der Waals surface area (Å²) in [5, 5.41) is 28.9. The Balaban J connectivity index is 1.20. The highest BCUT2D eigenvalue weighted by molar-refractivity contribution is 6.04. The second-order valence-corrected chi connectivity index (χ2v) is 19.6. The van der Waals surface area contributed by atoms with E-state index in [-0.39, 0.29) is 25.9 Å². The van der Waals surface area contributed by atoms with Crippen LogP contribution in [0.4, 0.5) is 4.79 Å². The second kappa shape index (κ2) is 15.8. The Kier molecular flexibility index (Phi) is 11.0. The molecule has 0 aromatic heterocycles. The molecule has 1 amide bonds. The maximum atomic E-state index is 14.6. The van der Waals surface area contributed by atoms with Crippen LogP contribution in [0.1, 0.15) is 83.6 Å². The van der Waals surface area contributed by atoms with Crippen molar-refractivity contribution >= 4 is 17.8 Å². The second-order valence-electron chi connectivity index (χ2n) is 19.6. The fourth-order valence-corrected chi connectivity index (χ4v) is 11.3. The van der Waals surface area contributed by atoms with Gasteiger partial charge in [-0.3, -0.25) is 4.79 Å². The number of hydrogen-bond acceptors (Lipinski definition) is 8. The van der Waals surface area contributed by atoms with Gasteiger partial charge in [-0.05, 0) is 73.4 Å². The molecule has 0 radical (unpaired) electrons. The normalized spacial score (nSPS) is 29.1. The lowest BCUT2D eigenvalue weighted by Crippen LogP contribution is -2.61. The van der Waals surface area contributed by atoms with Crippen molar-refractivity contribution < 1.29 is 38.8 Å². The Hall–Kier alpha value is -5.35. The molecular weight excluding hydrogens is 779 g/mol. The van der Waals surface area contributed by atoms with Gasteiger partial charge in [0.25, 0.3) is 0 Å². The number of nitrogens with one attached hydrogen (secondary N) is 1. The maximum Gasteiger partial charge on any atom is 0.408 e. The molecule has 8 atom stereocenters. The van der Waals surface area contributed by atoms with Crippen LogP contribution < -0.4 is 5.32 Å². The van der Waals surface area contributed by atoms with Crippen LogP contribution in [0.15, 0.2) is 145 Å². The molecule has 4 aromatic carbocycles. The molecule has 2 fully saturated rings. The van der Waals surface area contributed by atoms with Crippen LogP contribution in [0.25, 0.3) is 0 Å². The van der Waals surface area contributed by atoms with E-state index in [4.69, 9.17) is 14.2 Å². The summed E-state index contributed by atoms with van der Waals surface area (Å²) in [7, 11) is 0. The summed E-state index contributed by atoms with van der Waals surface area (Å²) in [5.41, 5.74) is -2.48. The molecule has 324 valence electrons. The Morgan fingerprint density at radius 1 is 0.806 bits per heavy atom. The van der Waals surface area contributed by atoms with Gasteiger partial charge in [-0.15, -0.1) is 0 Å². The van der Waals surface area contributed by atoms with Crippen molar-refractivity contribution in [3.8, 4) is 0 Å². The molecule has 0 spiro atoms. The van der Waals surface area contributed by atoms with E-state index in [0.717, 1.165) is 22.3 Å². The minimum absolute atomic E-state index is 0.0138. The molecule has 0 aliphatic heterocycles. The van der Waals surface area contributed by atoms with E-state index in [1.165, 1.54) is 0 Å². The minimum Gasteiger partial charge on any atom is -0.457 e. The first kappa shape index (κ1) is 43.3. The molecule has 4 aliphatic rings. The van der Waals surface area contributed by atoms with Crippen LogP contribution in [0.2, 0.25) is 0 Å². The van der Waals surface area contributed by atoms with Crippen molar-refractivity contribution in [2.75, 3.05) is 6.61 Å². The lowest BCUT2D eigenvalue weighted by Gasteiger charge is -2.50. The predicted octanol–water partition coefficient (Wildman–Crippen LogP) is 8.66. The number of carbonyl (C=O) groups excluding carboxylic acids is 3. The van der Waals surface area contributed by atoms with Gasteiger partial charge >= 0.3 is 12.1 Å². The number of ketones is 1. The molecule has 9 nitrogen and oxygen atoms in total. The molecule has 0 bridgehead atoms. The summed E-state index contributed by atoms with van der Waals surface area (Å²) in [5.74, 6) is -3.55. The number of fused-ring (bicyclic) bond motifs is 5. The number of rotatable bonds is 11. The molecule has 9 heteroatoms. The zero-order chi connectivity index (χ0) is 44.3. The quantitative estimate of drug-likeness (QED) is 0.0778. The van der Waals surface area contributed by atoms with Gasteiger partial charge in [0.2, 0.25) is 0 Å². The van der Waals surface area contributed by atoms with Gasteiger partial charge in [0, 0.05) is 36.0 Å². The third-order valence-corrected chi connectivity index (χ3v) is 14.2. The zero-order valence-electron chi connectivity index (χ0n) is 36.8. The van der Waals surface area contributed by atoms with Gasteiger partial charge in [-0.25, -0.2) is 9.59 Å². The highest BCUT2D eigenvalue weighted by Gasteiger charge is 2.83. The van der Waals surface area contributed by atoms with Crippen LogP contribution >= 0.6 is 0 Å². The van der Waals surface area contributed by atoms with E-state index in [1.807, 2.05) is 148 Å². The van der Waals surface area contributed by atoms with Gasteiger partial charge in [0.15, 0.2) is 5.78 Å². The summed E-state index contributed by atoms with van der Waals surface area (Å²) >= 11 is 0. The highest BCUT2D eigenvalue weighted by atomic mass is 16.6. The number of aliphatic hydroxyl groups is 2. The van der Waals surface area contributed by atoms with E-state index in [1.54, 1.807) is 33.8 Å². The molecule has 4 aliphatic carbocycles. The molecule has 0 heterocycles. The standard InChI is InChI=1S/C53H59NO8/c1-34-28-43-50(58,45(34)55)32-37(33-60-53(38-22-14-9-15-23-38,39-24-16-10-17-25-39)40-26-18-11-19-27-40)29-41-44-49(6,7)51(44,31-35(2)52(41,43)59)61-46(56)42(30-36-20-12-8-13-21-36)54-47(57)62-48(3,4)5/h8-29,35,41-44,58-59H,30-33H2,1-7H3,(H,54,57)/t35-,41+,42-,43-,44-,50-,51+,52-/m1/s1. The lowest BCUT2D eigenvalue weighted by atomic mass is 9.60. The highest BCUT2D eigenvalue weighted by Crippen LogP contribution is 2.76. The smallest absolute Gasteiger partial charge is 0.408 e. The van der Waals surface area contributed by atoms with Crippen LogP contribution in [-0.2, 0) is 35.8 Å². The first-order valence-electron chi connectivity index (χ1n) is 21.8. The van der Waals surface area contributed by atoms with E-state index in [2.05, 4.69) is 5.32 Å². The van der Waals surface area contributed by atoms with Crippen molar-refractivity contribution in [1.82, 2.24) is 5.32 Å². The molecular formula is C53H59NO8. The number of alkyl carbamates (subject to hydrolysis) is 1. The lowest BCUT2D eigenvalue weighted by molar-refractivity contribution is -0.188. The third kappa shape index (κ3) is 7.22. The van der Waals surface area contributed by atoms with Crippen LogP contribution in [0.3, 0.4) is 0 Å². The first-order chi connectivity index (χ1) is 29.4. The molecule has 62 heavy (non-hydrogen) atoms. The number of benzene rings is 4. The fourth-order valence-electron chi connectivity index (χ4n) is 11.3. The van der Waals surface area contributed by atoms with E-state index < -0.39 is 81.0 Å². The molecule has 0 saturated heterocycles. The largest absolute Gasteiger partial charge is 0.457 e. The molecule has 4 aromatic rings. The third-order valence-electron chi connectivity index (χ3n) is 14.2. The van der Waals surface area contributed by atoms with Gasteiger partial charge in [-0.1, -0.05) is 154 Å². The van der Waals surface area contributed by atoms with Gasteiger partial charge < -0.3 is 29.7 Å². The van der Waals surface area contributed by atoms with Gasteiger partial charge in [0.05, 0.1) is 12.2 Å². The number of hydrogen-bond donors (Lipinski definition) is 3. The van der Waals surface area contributed by atoms with Gasteiger partial charge in [-0.2, -0.15) is 0 Å². The topological polar surface area (TPSA) is 131 Å². The van der Waals surface area contributed by atoms with E-state index in [9.17, 15) is 24.6 Å². The minimum atomic E-state index is -1.93. The number of Topliss-reactive ketones (excluding diaryl/α,β-unsaturated/α-hetero) is 1. The number of carbonyl (C=O) groups is 3. The van der Waals surface area contributed by atoms with Gasteiger partial charge in [0.1, 0.15) is 28.4 Å². The van der Waals surface area contributed by atoms with Crippen molar-refractivity contribution in [3.05, 3.63) is 167 Å². The van der Waals surface area contributed by atoms with Crippen molar-refractivity contribution in [2.24, 2.45) is 29.1 Å². The Morgan fingerprint density at radius 3 is 1.84 bits per heavy atom. The Morgan fingerprint density at radius 2 is 1.32 bits per heavy atom. The molecule has 0 unspecified atom stereocenters. The van der Waals surface area contributed by atoms with Crippen molar-refractivity contribution in [3.63, 3.8) is 0 Å². The van der Waals surface area contributed by atoms with Crippen LogP contribution in [0, 0.1) is 29.1 Å². The van der Waals surface area contributed by atoms with E-state index in [0.29, 0.717) is 11.1 Å². The Bertz CT molecular complexity index is 2270. The van der Waals surface area contributed by atoms with Crippen LogP contribution in [-0.4, -0.2) is 63.1 Å². The fraction of sp³-hybridized carbons (Fsp3) is 0.415.